The molecule has 1 aliphatic rings. The van der Waals surface area contributed by atoms with Crippen molar-refractivity contribution in [2.45, 2.75) is 53.1 Å². The van der Waals surface area contributed by atoms with Gasteiger partial charge in [0, 0.05) is 44.0 Å². The molecule has 1 aromatic heterocycles. The fraction of sp³-hybridized carbons (Fsp3) is 0.609. The molecule has 1 fully saturated rings. The number of aryl methyl sites for hydroxylation is 2. The Labute approximate surface area is 165 Å². The lowest BCUT2D eigenvalue weighted by molar-refractivity contribution is 0.148. The molecule has 0 bridgehead atoms. The molecule has 148 valence electrons. The molecule has 0 N–H and O–H groups in total. The van der Waals surface area contributed by atoms with Crippen LogP contribution in [-0.4, -0.2) is 52.8 Å². The normalized spacial score (nSPS) is 18.3. The Morgan fingerprint density at radius 3 is 2.63 bits per heavy atom. The Hall–Kier alpha value is -1.65. The van der Waals surface area contributed by atoms with Crippen molar-refractivity contribution < 1.29 is 0 Å². The number of benzene rings is 1. The number of likely N-dealkylation sites (tertiary alicyclic amines) is 1. The van der Waals surface area contributed by atoms with Crippen molar-refractivity contribution >= 4 is 0 Å². The molecule has 2 aromatic rings. The van der Waals surface area contributed by atoms with Gasteiger partial charge in [-0.2, -0.15) is 5.10 Å². The molecule has 27 heavy (non-hydrogen) atoms. The van der Waals surface area contributed by atoms with E-state index >= 15 is 0 Å². The molecule has 1 aliphatic heterocycles. The molecule has 0 aliphatic carbocycles. The highest BCUT2D eigenvalue weighted by Gasteiger charge is 2.22. The summed E-state index contributed by atoms with van der Waals surface area (Å²) in [7, 11) is 2.26. The average Bonchev–Trinajstić information content (AvgIpc) is 2.94. The monoisotopic (exact) mass is 368 g/mol. The number of aromatic nitrogens is 2. The fourth-order valence-corrected chi connectivity index (χ4v) is 4.45. The molecular formula is C23H36N4. The molecule has 1 unspecified atom stereocenters. The third-order valence-corrected chi connectivity index (χ3v) is 6.01. The second kappa shape index (κ2) is 9.52. The molecule has 3 rings (SSSR count). The van der Waals surface area contributed by atoms with E-state index < -0.39 is 0 Å². The van der Waals surface area contributed by atoms with Gasteiger partial charge in [0.1, 0.15) is 0 Å². The van der Waals surface area contributed by atoms with Crippen molar-refractivity contribution in [3.63, 3.8) is 0 Å². The maximum Gasteiger partial charge on any atom is 0.0641 e. The molecule has 1 saturated heterocycles. The summed E-state index contributed by atoms with van der Waals surface area (Å²) in [5.41, 5.74) is 5.38. The smallest absolute Gasteiger partial charge is 0.0641 e. The lowest BCUT2D eigenvalue weighted by atomic mass is 9.97. The zero-order valence-corrected chi connectivity index (χ0v) is 17.6. The average molecular weight is 369 g/mol. The first-order valence-corrected chi connectivity index (χ1v) is 10.5. The molecule has 0 radical (unpaired) electrons. The first-order chi connectivity index (χ1) is 13.1. The maximum absolute atomic E-state index is 4.74. The van der Waals surface area contributed by atoms with Crippen LogP contribution in [0, 0.1) is 19.8 Å². The Balaban J connectivity index is 1.71. The van der Waals surface area contributed by atoms with Gasteiger partial charge >= 0.3 is 0 Å². The number of piperidine rings is 1. The molecule has 0 spiro atoms. The second-order valence-corrected chi connectivity index (χ2v) is 8.21. The van der Waals surface area contributed by atoms with E-state index in [0.29, 0.717) is 0 Å². The predicted octanol–water partition coefficient (Wildman–Crippen LogP) is 3.91. The van der Waals surface area contributed by atoms with Crippen LogP contribution in [0.2, 0.25) is 0 Å². The van der Waals surface area contributed by atoms with Crippen molar-refractivity contribution in [1.29, 1.82) is 0 Å². The van der Waals surface area contributed by atoms with Crippen molar-refractivity contribution in [3.8, 4) is 0 Å². The van der Waals surface area contributed by atoms with E-state index in [1.54, 1.807) is 0 Å². The summed E-state index contributed by atoms with van der Waals surface area (Å²) < 4.78 is 2.15. The number of rotatable bonds is 8. The molecule has 0 saturated carbocycles. The van der Waals surface area contributed by atoms with Crippen LogP contribution in [0.15, 0.2) is 30.3 Å². The van der Waals surface area contributed by atoms with Gasteiger partial charge in [-0.1, -0.05) is 30.3 Å². The van der Waals surface area contributed by atoms with E-state index in [1.165, 1.54) is 55.0 Å². The predicted molar refractivity (Wildman–Crippen MR) is 113 cm³/mol. The third-order valence-electron chi connectivity index (χ3n) is 6.01. The Morgan fingerprint density at radius 1 is 1.19 bits per heavy atom. The highest BCUT2D eigenvalue weighted by atomic mass is 15.3. The topological polar surface area (TPSA) is 24.3 Å². The van der Waals surface area contributed by atoms with Crippen LogP contribution in [0.25, 0.3) is 0 Å². The summed E-state index contributed by atoms with van der Waals surface area (Å²) >= 11 is 0. The summed E-state index contributed by atoms with van der Waals surface area (Å²) in [6, 6.07) is 10.9. The molecule has 1 atom stereocenters. The maximum atomic E-state index is 4.74. The first-order valence-electron chi connectivity index (χ1n) is 10.5. The summed E-state index contributed by atoms with van der Waals surface area (Å²) in [6.45, 7) is 13.3. The first kappa shape index (κ1) is 20.1. The molecule has 4 heteroatoms. The molecule has 1 aromatic carbocycles. The Bertz CT molecular complexity index is 707. The van der Waals surface area contributed by atoms with Crippen molar-refractivity contribution in [3.05, 3.63) is 52.8 Å². The van der Waals surface area contributed by atoms with Gasteiger partial charge < -0.3 is 4.90 Å². The Kier molecular flexibility index (Phi) is 7.08. The van der Waals surface area contributed by atoms with Crippen LogP contribution in [-0.2, 0) is 19.5 Å². The van der Waals surface area contributed by atoms with E-state index in [9.17, 15) is 0 Å². The molecule has 2 heterocycles. The zero-order chi connectivity index (χ0) is 19.2. The van der Waals surface area contributed by atoms with Crippen LogP contribution in [0.3, 0.4) is 0 Å². The second-order valence-electron chi connectivity index (χ2n) is 8.21. The van der Waals surface area contributed by atoms with E-state index in [-0.39, 0.29) is 0 Å². The van der Waals surface area contributed by atoms with Gasteiger partial charge in [0.25, 0.3) is 0 Å². The molecule has 4 nitrogen and oxygen atoms in total. The summed E-state index contributed by atoms with van der Waals surface area (Å²) in [6.07, 6.45) is 3.81. The highest BCUT2D eigenvalue weighted by Crippen LogP contribution is 2.21. The van der Waals surface area contributed by atoms with Crippen LogP contribution in [0.4, 0.5) is 0 Å². The van der Waals surface area contributed by atoms with Gasteiger partial charge in [0.05, 0.1) is 5.69 Å². The Morgan fingerprint density at radius 2 is 1.96 bits per heavy atom. The summed E-state index contributed by atoms with van der Waals surface area (Å²) in [5.74, 6) is 0.779. The van der Waals surface area contributed by atoms with Crippen LogP contribution < -0.4 is 0 Å². The fourth-order valence-electron chi connectivity index (χ4n) is 4.45. The summed E-state index contributed by atoms with van der Waals surface area (Å²) in [4.78, 5) is 5.17. The number of hydrogen-bond acceptors (Lipinski definition) is 3. The third kappa shape index (κ3) is 5.43. The zero-order valence-electron chi connectivity index (χ0n) is 17.6. The minimum absolute atomic E-state index is 0.779. The van der Waals surface area contributed by atoms with Gasteiger partial charge in [0.15, 0.2) is 0 Å². The van der Waals surface area contributed by atoms with Gasteiger partial charge in [0.2, 0.25) is 0 Å². The van der Waals surface area contributed by atoms with Gasteiger partial charge in [-0.3, -0.25) is 9.58 Å². The minimum atomic E-state index is 0.779. The van der Waals surface area contributed by atoms with E-state index in [0.717, 1.165) is 32.0 Å². The van der Waals surface area contributed by atoms with Crippen molar-refractivity contribution in [1.82, 2.24) is 19.6 Å². The van der Waals surface area contributed by atoms with Crippen LogP contribution in [0.5, 0.6) is 0 Å². The largest absolute Gasteiger partial charge is 0.306 e. The SMILES string of the molecule is CCn1nc(C)c(CN(CCc2ccccc2)CC2CCCN(C)C2)c1C. The highest BCUT2D eigenvalue weighted by molar-refractivity contribution is 5.24. The van der Waals surface area contributed by atoms with E-state index in [1.807, 2.05) is 0 Å². The standard InChI is InChI=1S/C23H36N4/c1-5-27-20(3)23(19(2)24-27)18-26(15-13-21-10-7-6-8-11-21)17-22-12-9-14-25(4)16-22/h6-8,10-11,22H,5,9,12-18H2,1-4H3. The van der Waals surface area contributed by atoms with Crippen molar-refractivity contribution in [2.24, 2.45) is 5.92 Å². The van der Waals surface area contributed by atoms with Crippen LogP contribution in [0.1, 0.15) is 42.3 Å². The quantitative estimate of drug-likeness (QED) is 0.706. The number of nitrogens with zero attached hydrogens (tertiary/aromatic N) is 4. The minimum Gasteiger partial charge on any atom is -0.306 e. The molecular weight excluding hydrogens is 332 g/mol. The van der Waals surface area contributed by atoms with Gasteiger partial charge in [-0.05, 0) is 65.1 Å². The lowest BCUT2D eigenvalue weighted by Crippen LogP contribution is -2.39. The lowest BCUT2D eigenvalue weighted by Gasteiger charge is -2.34. The summed E-state index contributed by atoms with van der Waals surface area (Å²) in [5, 5.41) is 4.74. The number of hydrogen-bond donors (Lipinski definition) is 0. The van der Waals surface area contributed by atoms with Crippen molar-refractivity contribution in [2.75, 3.05) is 33.2 Å². The van der Waals surface area contributed by atoms with Gasteiger partial charge in [-0.15, -0.1) is 0 Å². The van der Waals surface area contributed by atoms with E-state index in [4.69, 9.17) is 5.10 Å². The molecule has 0 amide bonds. The van der Waals surface area contributed by atoms with Crippen LogP contribution >= 0.6 is 0 Å². The van der Waals surface area contributed by atoms with E-state index in [2.05, 4.69) is 72.6 Å². The van der Waals surface area contributed by atoms with Gasteiger partial charge in [-0.25, -0.2) is 0 Å².